The average molecular weight is 564 g/mol. The molecule has 3 aromatic heterocycles. The Morgan fingerprint density at radius 3 is 2.61 bits per heavy atom. The first-order valence-corrected chi connectivity index (χ1v) is 11.8. The Labute approximate surface area is 221 Å². The smallest absolute Gasteiger partial charge is 0.475 e. The van der Waals surface area contributed by atoms with Gasteiger partial charge in [0.25, 0.3) is 0 Å². The average Bonchev–Trinajstić information content (AvgIpc) is 3.62. The Bertz CT molecular complexity index is 1610. The maximum absolute atomic E-state index is 12.4. The number of aryl methyl sites for hydroxylation is 1. The van der Waals surface area contributed by atoms with Crippen molar-refractivity contribution in [1.82, 2.24) is 29.8 Å². The van der Waals surface area contributed by atoms with E-state index in [4.69, 9.17) is 21.5 Å². The number of ketones is 1. The highest BCUT2D eigenvalue weighted by atomic mass is 35.5. The first-order valence-electron chi connectivity index (χ1n) is 10.7. The van der Waals surface area contributed by atoms with Gasteiger partial charge >= 0.3 is 12.1 Å². The molecular weight excluding hydrogens is 547 g/mol. The van der Waals surface area contributed by atoms with Crippen LogP contribution in [0.1, 0.15) is 21.7 Å². The molecule has 15 heteroatoms. The summed E-state index contributed by atoms with van der Waals surface area (Å²) in [6.07, 6.45) is -3.14. The van der Waals surface area contributed by atoms with E-state index in [0.717, 1.165) is 33.4 Å². The number of halogens is 4. The largest absolute Gasteiger partial charge is 0.490 e. The molecule has 0 amide bonds. The van der Waals surface area contributed by atoms with Crippen molar-refractivity contribution in [3.8, 4) is 11.4 Å². The van der Waals surface area contributed by atoms with Gasteiger partial charge in [-0.05, 0) is 36.8 Å². The zero-order valence-electron chi connectivity index (χ0n) is 19.3. The van der Waals surface area contributed by atoms with Crippen LogP contribution in [-0.4, -0.2) is 52.8 Å². The minimum atomic E-state index is -5.08. The monoisotopic (exact) mass is 563 g/mol. The minimum absolute atomic E-state index is 0.0422. The summed E-state index contributed by atoms with van der Waals surface area (Å²) in [6, 6.07) is 13.2. The number of H-pyrrole nitrogens is 2. The Hall–Kier alpha value is -4.30. The molecule has 0 spiro atoms. The number of hydrogen-bond acceptors (Lipinski definition) is 8. The van der Waals surface area contributed by atoms with E-state index in [1.807, 2.05) is 43.3 Å². The van der Waals surface area contributed by atoms with Crippen molar-refractivity contribution in [3.05, 3.63) is 70.6 Å². The van der Waals surface area contributed by atoms with E-state index in [1.165, 1.54) is 11.5 Å². The first kappa shape index (κ1) is 26.8. The molecule has 3 heterocycles. The molecule has 0 saturated heterocycles. The molecule has 196 valence electrons. The number of Topliss-reactive ketones (excluding diaryl/α,β-unsaturated/α-hetero) is 1. The molecule has 0 unspecified atom stereocenters. The highest BCUT2D eigenvalue weighted by Gasteiger charge is 2.38. The molecule has 0 radical (unpaired) electrons. The summed E-state index contributed by atoms with van der Waals surface area (Å²) in [5, 5.41) is 26.1. The second-order valence-corrected chi connectivity index (χ2v) is 8.98. The second kappa shape index (κ2) is 11.0. The molecule has 0 aliphatic carbocycles. The molecule has 0 bridgehead atoms. The van der Waals surface area contributed by atoms with Crippen LogP contribution in [0.5, 0.6) is 0 Å². The fourth-order valence-corrected chi connectivity index (χ4v) is 4.11. The molecule has 10 nitrogen and oxygen atoms in total. The third-order valence-electron chi connectivity index (χ3n) is 5.01. The van der Waals surface area contributed by atoms with Crippen LogP contribution in [0.4, 0.5) is 24.0 Å². The SMILES string of the molecule is Cc1cc(C(=O)Cc2cccc(-c3nsc(Nc4ccc5[nH]ncc5c4Cl)n3)c2)n[nH]1.O=C(O)C(F)(F)F. The number of fused-ring (bicyclic) bond motifs is 1. The van der Waals surface area contributed by atoms with E-state index in [-0.39, 0.29) is 12.2 Å². The van der Waals surface area contributed by atoms with Gasteiger partial charge in [-0.1, -0.05) is 29.8 Å². The van der Waals surface area contributed by atoms with Gasteiger partial charge in [-0.25, -0.2) is 4.79 Å². The molecule has 0 aliphatic heterocycles. The third kappa shape index (κ3) is 6.33. The van der Waals surface area contributed by atoms with Crippen LogP contribution in [0.3, 0.4) is 0 Å². The number of hydrogen-bond donors (Lipinski definition) is 4. The quantitative estimate of drug-likeness (QED) is 0.196. The Balaban J connectivity index is 0.000000426. The van der Waals surface area contributed by atoms with E-state index >= 15 is 0 Å². The minimum Gasteiger partial charge on any atom is -0.475 e. The van der Waals surface area contributed by atoms with Gasteiger partial charge in [0.05, 0.1) is 22.4 Å². The van der Waals surface area contributed by atoms with Crippen molar-refractivity contribution in [2.75, 3.05) is 5.32 Å². The van der Waals surface area contributed by atoms with Crippen LogP contribution in [-0.2, 0) is 11.2 Å². The standard InChI is InChI=1S/C21H16ClN7OS.C2HF3O2/c1-11-7-17(28-26-11)18(30)9-12-3-2-4-13(8-12)20-25-21(31-29-20)24-16-6-5-15-14(19(16)22)10-23-27-15;3-2(4,5)1(6)7/h2-8,10H,9H2,1H3,(H,23,27)(H,26,28)(H,24,25,29);(H,6,7). The lowest BCUT2D eigenvalue weighted by molar-refractivity contribution is -0.192. The van der Waals surface area contributed by atoms with Gasteiger partial charge in [0, 0.05) is 34.6 Å². The van der Waals surface area contributed by atoms with E-state index in [0.29, 0.717) is 21.7 Å². The number of benzene rings is 2. The highest BCUT2D eigenvalue weighted by Crippen LogP contribution is 2.33. The van der Waals surface area contributed by atoms with Gasteiger partial charge in [-0.15, -0.1) is 0 Å². The molecule has 0 saturated carbocycles. The fourth-order valence-electron chi connectivity index (χ4n) is 3.24. The van der Waals surface area contributed by atoms with E-state index in [9.17, 15) is 18.0 Å². The van der Waals surface area contributed by atoms with Crippen molar-refractivity contribution in [3.63, 3.8) is 0 Å². The number of nitrogens with one attached hydrogen (secondary N) is 3. The summed E-state index contributed by atoms with van der Waals surface area (Å²) in [4.78, 5) is 25.9. The normalized spacial score (nSPS) is 11.2. The van der Waals surface area contributed by atoms with E-state index in [2.05, 4.69) is 35.1 Å². The van der Waals surface area contributed by atoms with Crippen LogP contribution in [0.15, 0.2) is 48.7 Å². The van der Waals surface area contributed by atoms with Crippen molar-refractivity contribution >= 4 is 56.6 Å². The van der Waals surface area contributed by atoms with Gasteiger partial charge in [-0.2, -0.15) is 32.7 Å². The van der Waals surface area contributed by atoms with Gasteiger partial charge < -0.3 is 10.4 Å². The summed E-state index contributed by atoms with van der Waals surface area (Å²) < 4.78 is 36.2. The molecule has 0 atom stereocenters. The Morgan fingerprint density at radius 1 is 1.16 bits per heavy atom. The first-order chi connectivity index (χ1) is 18.0. The number of aliphatic carboxylic acids is 1. The maximum atomic E-state index is 12.4. The van der Waals surface area contributed by atoms with Gasteiger partial charge in [-0.3, -0.25) is 15.0 Å². The lowest BCUT2D eigenvalue weighted by atomic mass is 10.0. The number of anilines is 2. The van der Waals surface area contributed by atoms with Crippen molar-refractivity contribution in [2.24, 2.45) is 0 Å². The number of aromatic nitrogens is 6. The second-order valence-electron chi connectivity index (χ2n) is 7.85. The van der Waals surface area contributed by atoms with Crippen LogP contribution >= 0.6 is 23.1 Å². The highest BCUT2D eigenvalue weighted by molar-refractivity contribution is 7.10. The van der Waals surface area contributed by atoms with Gasteiger partial charge in [0.1, 0.15) is 5.69 Å². The summed E-state index contributed by atoms with van der Waals surface area (Å²) >= 11 is 7.71. The maximum Gasteiger partial charge on any atom is 0.490 e. The molecule has 0 aliphatic rings. The zero-order valence-corrected chi connectivity index (χ0v) is 20.9. The summed E-state index contributed by atoms with van der Waals surface area (Å²) in [6.45, 7) is 1.87. The summed E-state index contributed by atoms with van der Waals surface area (Å²) in [5.74, 6) is -2.22. The number of rotatable bonds is 6. The predicted molar refractivity (Wildman–Crippen MR) is 135 cm³/mol. The van der Waals surface area contributed by atoms with Crippen LogP contribution in [0.2, 0.25) is 5.02 Å². The lowest BCUT2D eigenvalue weighted by Crippen LogP contribution is -2.21. The van der Waals surface area contributed by atoms with E-state index < -0.39 is 12.1 Å². The fraction of sp³-hybridized carbons (Fsp3) is 0.130. The van der Waals surface area contributed by atoms with Crippen molar-refractivity contribution in [2.45, 2.75) is 19.5 Å². The molecule has 5 aromatic rings. The number of nitrogens with zero attached hydrogens (tertiary/aromatic N) is 4. The number of carboxylic acid groups (broad SMARTS) is 1. The lowest BCUT2D eigenvalue weighted by Gasteiger charge is -2.05. The van der Waals surface area contributed by atoms with Gasteiger partial charge in [0.15, 0.2) is 11.6 Å². The van der Waals surface area contributed by atoms with Gasteiger partial charge in [0.2, 0.25) is 5.13 Å². The van der Waals surface area contributed by atoms with E-state index in [1.54, 1.807) is 12.3 Å². The number of alkyl halides is 3. The molecule has 5 rings (SSSR count). The summed E-state index contributed by atoms with van der Waals surface area (Å²) in [5.41, 5.74) is 4.60. The molecule has 0 fully saturated rings. The Morgan fingerprint density at radius 2 is 1.92 bits per heavy atom. The van der Waals surface area contributed by atoms with Crippen LogP contribution in [0, 0.1) is 6.92 Å². The molecular formula is C23H17ClF3N7O3S. The number of carbonyl (C=O) groups is 2. The number of carbonyl (C=O) groups excluding carboxylic acids is 1. The molecule has 2 aromatic carbocycles. The Kier molecular flexibility index (Phi) is 7.73. The predicted octanol–water partition coefficient (Wildman–Crippen LogP) is 5.57. The van der Waals surface area contributed by atoms with Crippen LogP contribution in [0.25, 0.3) is 22.3 Å². The topological polar surface area (TPSA) is 150 Å². The summed E-state index contributed by atoms with van der Waals surface area (Å²) in [7, 11) is 0. The zero-order chi connectivity index (χ0) is 27.4. The molecule has 38 heavy (non-hydrogen) atoms. The molecule has 4 N–H and O–H groups in total. The number of aromatic amines is 2. The van der Waals surface area contributed by atoms with Crippen molar-refractivity contribution in [1.29, 1.82) is 0 Å². The third-order valence-corrected chi connectivity index (χ3v) is 6.05. The number of carboxylic acids is 1. The van der Waals surface area contributed by atoms with Crippen LogP contribution < -0.4 is 5.32 Å². The van der Waals surface area contributed by atoms with Crippen molar-refractivity contribution < 1.29 is 27.9 Å².